The molecule has 0 radical (unpaired) electrons. The molecule has 0 N–H and O–H groups in total. The molecule has 0 bridgehead atoms. The number of para-hydroxylation sites is 1. The molecule has 3 aromatic rings. The second kappa shape index (κ2) is 6.80. The number of hydrogen-bond acceptors (Lipinski definition) is 5. The molecule has 0 saturated heterocycles. The maximum Gasteiger partial charge on any atom is 0.339 e. The first-order valence-corrected chi connectivity index (χ1v) is 8.23. The Bertz CT molecular complexity index is 969. The van der Waals surface area contributed by atoms with Crippen LogP contribution >= 0.6 is 0 Å². The monoisotopic (exact) mass is 345 g/mol. The minimum atomic E-state index is -0.587. The van der Waals surface area contributed by atoms with Crippen LogP contribution in [0.2, 0.25) is 0 Å². The number of pyridine rings is 1. The van der Waals surface area contributed by atoms with E-state index in [9.17, 15) is 9.59 Å². The van der Waals surface area contributed by atoms with E-state index in [4.69, 9.17) is 9.47 Å². The zero-order valence-corrected chi connectivity index (χ0v) is 13.8. The first-order valence-electron chi connectivity index (χ1n) is 8.23. The van der Waals surface area contributed by atoms with Gasteiger partial charge in [-0.25, -0.2) is 9.78 Å². The van der Waals surface area contributed by atoms with Gasteiger partial charge < -0.3 is 9.47 Å². The van der Waals surface area contributed by atoms with Crippen molar-refractivity contribution in [2.45, 2.75) is 12.5 Å². The fourth-order valence-electron chi connectivity index (χ4n) is 2.93. The summed E-state index contributed by atoms with van der Waals surface area (Å²) in [5.74, 6) is 0.239. The number of rotatable bonds is 5. The summed E-state index contributed by atoms with van der Waals surface area (Å²) in [6, 6.07) is 19.6. The molecule has 128 valence electrons. The Morgan fingerprint density at radius 1 is 1.00 bits per heavy atom. The Kier molecular flexibility index (Phi) is 4.19. The normalized spacial score (nSPS) is 15.2. The van der Waals surface area contributed by atoms with Gasteiger partial charge >= 0.3 is 5.97 Å². The van der Waals surface area contributed by atoms with Crippen LogP contribution in [0.5, 0.6) is 11.6 Å². The Morgan fingerprint density at radius 2 is 1.77 bits per heavy atom. The van der Waals surface area contributed by atoms with Crippen molar-refractivity contribution in [3.63, 3.8) is 0 Å². The van der Waals surface area contributed by atoms with Crippen LogP contribution in [-0.2, 0) is 4.74 Å². The van der Waals surface area contributed by atoms with Crippen molar-refractivity contribution in [3.05, 3.63) is 89.6 Å². The highest BCUT2D eigenvalue weighted by molar-refractivity contribution is 6.00. The molecule has 26 heavy (non-hydrogen) atoms. The van der Waals surface area contributed by atoms with Crippen molar-refractivity contribution < 1.29 is 19.1 Å². The third-order valence-corrected chi connectivity index (χ3v) is 4.18. The third kappa shape index (κ3) is 3.07. The number of fused-ring (bicyclic) bond motifs is 1. The van der Waals surface area contributed by atoms with Crippen LogP contribution in [0.3, 0.4) is 0 Å². The maximum atomic E-state index is 12.8. The van der Waals surface area contributed by atoms with E-state index < -0.39 is 12.1 Å². The lowest BCUT2D eigenvalue weighted by molar-refractivity contribution is 0.0367. The van der Waals surface area contributed by atoms with Crippen molar-refractivity contribution in [3.8, 4) is 11.6 Å². The molecule has 2 aromatic carbocycles. The summed E-state index contributed by atoms with van der Waals surface area (Å²) in [6.45, 7) is 0. The second-order valence-corrected chi connectivity index (χ2v) is 5.88. The van der Waals surface area contributed by atoms with Gasteiger partial charge in [-0.2, -0.15) is 0 Å². The molecule has 1 atom stereocenters. The molecule has 1 aromatic heterocycles. The van der Waals surface area contributed by atoms with Crippen LogP contribution < -0.4 is 4.74 Å². The number of hydrogen-bond donors (Lipinski definition) is 0. The zero-order valence-electron chi connectivity index (χ0n) is 13.8. The first kappa shape index (κ1) is 16.0. The average Bonchev–Trinajstić information content (AvgIpc) is 2.99. The number of ether oxygens (including phenoxy) is 2. The predicted octanol–water partition coefficient (Wildman–Crippen LogP) is 4.36. The summed E-state index contributed by atoms with van der Waals surface area (Å²) in [5, 5.41) is 0. The summed E-state index contributed by atoms with van der Waals surface area (Å²) in [5.41, 5.74) is 1.61. The molecular formula is C21H15NO4. The molecule has 5 nitrogen and oxygen atoms in total. The van der Waals surface area contributed by atoms with Crippen molar-refractivity contribution in [2.75, 3.05) is 0 Å². The van der Waals surface area contributed by atoms with Gasteiger partial charge in [0.1, 0.15) is 11.9 Å². The molecule has 1 unspecified atom stereocenters. The van der Waals surface area contributed by atoms with Gasteiger partial charge in [0.05, 0.1) is 17.5 Å². The Morgan fingerprint density at radius 3 is 2.62 bits per heavy atom. The molecule has 0 amide bonds. The van der Waals surface area contributed by atoms with Crippen LogP contribution in [0.15, 0.2) is 72.9 Å². The van der Waals surface area contributed by atoms with E-state index >= 15 is 0 Å². The Hall–Kier alpha value is -3.47. The number of carbonyl (C=O) groups excluding carboxylic acids is 2. The van der Waals surface area contributed by atoms with Gasteiger partial charge in [-0.3, -0.25) is 4.79 Å². The lowest BCUT2D eigenvalue weighted by Gasteiger charge is -2.12. The molecule has 0 saturated carbocycles. The maximum absolute atomic E-state index is 12.8. The summed E-state index contributed by atoms with van der Waals surface area (Å²) in [6.07, 6.45) is 1.02. The highest BCUT2D eigenvalue weighted by Crippen LogP contribution is 2.34. The van der Waals surface area contributed by atoms with E-state index in [1.165, 1.54) is 0 Å². The standard InChI is InChI=1S/C21H15NO4/c23-18(13-19-15-9-4-5-10-16(15)21(24)26-19)17-11-6-12-22-20(17)25-14-7-2-1-3-8-14/h1-12,19H,13H2. The van der Waals surface area contributed by atoms with Crippen molar-refractivity contribution in [2.24, 2.45) is 0 Å². The van der Waals surface area contributed by atoms with Gasteiger partial charge in [-0.1, -0.05) is 36.4 Å². The van der Waals surface area contributed by atoms with E-state index in [1.807, 2.05) is 30.3 Å². The molecule has 0 spiro atoms. The van der Waals surface area contributed by atoms with Crippen molar-refractivity contribution in [1.29, 1.82) is 0 Å². The van der Waals surface area contributed by atoms with Gasteiger partial charge in [0, 0.05) is 11.8 Å². The summed E-state index contributed by atoms with van der Waals surface area (Å²) in [4.78, 5) is 28.9. The number of nitrogens with zero attached hydrogens (tertiary/aromatic N) is 1. The lowest BCUT2D eigenvalue weighted by atomic mass is 9.99. The van der Waals surface area contributed by atoms with E-state index in [0.717, 1.165) is 5.56 Å². The van der Waals surface area contributed by atoms with Gasteiger partial charge in [-0.15, -0.1) is 0 Å². The quantitative estimate of drug-likeness (QED) is 0.508. The zero-order chi connectivity index (χ0) is 17.9. The third-order valence-electron chi connectivity index (χ3n) is 4.18. The van der Waals surface area contributed by atoms with E-state index in [-0.39, 0.29) is 18.1 Å². The molecule has 4 rings (SSSR count). The van der Waals surface area contributed by atoms with Crippen LogP contribution in [0.25, 0.3) is 0 Å². The number of benzene rings is 2. The molecule has 2 heterocycles. The van der Waals surface area contributed by atoms with E-state index in [0.29, 0.717) is 16.9 Å². The smallest absolute Gasteiger partial charge is 0.339 e. The Balaban J connectivity index is 1.57. The average molecular weight is 345 g/mol. The summed E-state index contributed by atoms with van der Waals surface area (Å²) < 4.78 is 11.1. The second-order valence-electron chi connectivity index (χ2n) is 5.88. The highest BCUT2D eigenvalue weighted by Gasteiger charge is 2.32. The van der Waals surface area contributed by atoms with Gasteiger partial charge in [-0.05, 0) is 30.3 Å². The van der Waals surface area contributed by atoms with Crippen LogP contribution in [0.4, 0.5) is 0 Å². The number of aromatic nitrogens is 1. The van der Waals surface area contributed by atoms with Crippen molar-refractivity contribution >= 4 is 11.8 Å². The van der Waals surface area contributed by atoms with Crippen molar-refractivity contribution in [1.82, 2.24) is 4.98 Å². The minimum Gasteiger partial charge on any atom is -0.453 e. The molecule has 1 aliphatic rings. The molecule has 1 aliphatic heterocycles. The number of Topliss-reactive ketones (excluding diaryl/α,β-unsaturated/α-hetero) is 1. The minimum absolute atomic E-state index is 0.0413. The van der Waals surface area contributed by atoms with Gasteiger partial charge in [0.25, 0.3) is 0 Å². The number of ketones is 1. The Labute approximate surface area is 150 Å². The van der Waals surface area contributed by atoms with Crippen LogP contribution in [0, 0.1) is 0 Å². The highest BCUT2D eigenvalue weighted by atomic mass is 16.5. The number of carbonyl (C=O) groups is 2. The molecule has 0 aliphatic carbocycles. The molecule has 5 heteroatoms. The van der Waals surface area contributed by atoms with E-state index in [1.54, 1.807) is 42.6 Å². The lowest BCUT2D eigenvalue weighted by Crippen LogP contribution is -2.09. The molecular weight excluding hydrogens is 330 g/mol. The summed E-state index contributed by atoms with van der Waals surface area (Å²) >= 11 is 0. The largest absolute Gasteiger partial charge is 0.453 e. The number of cyclic esters (lactones) is 1. The number of esters is 1. The fraction of sp³-hybridized carbons (Fsp3) is 0.0952. The van der Waals surface area contributed by atoms with Crippen LogP contribution in [0.1, 0.15) is 38.8 Å². The summed E-state index contributed by atoms with van der Waals surface area (Å²) in [7, 11) is 0. The SMILES string of the molecule is O=C1OC(CC(=O)c2cccnc2Oc2ccccc2)c2ccccc21. The molecule has 0 fully saturated rings. The topological polar surface area (TPSA) is 65.5 Å². The first-order chi connectivity index (χ1) is 12.7. The van der Waals surface area contributed by atoms with Gasteiger partial charge in [0.15, 0.2) is 5.78 Å². The fourth-order valence-corrected chi connectivity index (χ4v) is 2.93. The van der Waals surface area contributed by atoms with E-state index in [2.05, 4.69) is 4.98 Å². The predicted molar refractivity (Wildman–Crippen MR) is 94.3 cm³/mol. The van der Waals surface area contributed by atoms with Gasteiger partial charge in [0.2, 0.25) is 5.88 Å². The van der Waals surface area contributed by atoms with Crippen LogP contribution in [-0.4, -0.2) is 16.7 Å².